The first-order valence-corrected chi connectivity index (χ1v) is 5.32. The summed E-state index contributed by atoms with van der Waals surface area (Å²) in [6.07, 6.45) is 0.421. The molecule has 0 bridgehead atoms. The summed E-state index contributed by atoms with van der Waals surface area (Å²) >= 11 is 0. The normalized spacial score (nSPS) is 37.4. The smallest absolute Gasteiger partial charge is 0.0674 e. The van der Waals surface area contributed by atoms with E-state index >= 15 is 0 Å². The minimum atomic E-state index is 0.421. The number of nitrogens with one attached hydrogen (secondary N) is 1. The van der Waals surface area contributed by atoms with E-state index in [1.807, 2.05) is 0 Å². The molecular formula is C10H20N2O. The number of hydrogen-bond acceptors (Lipinski definition) is 3. The van der Waals surface area contributed by atoms with Crippen molar-refractivity contribution in [2.45, 2.75) is 26.0 Å². The van der Waals surface area contributed by atoms with E-state index in [1.165, 1.54) is 19.6 Å². The van der Waals surface area contributed by atoms with Crippen molar-refractivity contribution in [2.24, 2.45) is 5.92 Å². The SMILES string of the molecule is CC1CN(CC2CNC2)C(C)CO1. The molecular weight excluding hydrogens is 164 g/mol. The summed E-state index contributed by atoms with van der Waals surface area (Å²) in [6.45, 7) is 10.1. The van der Waals surface area contributed by atoms with E-state index in [0.717, 1.165) is 19.1 Å². The van der Waals surface area contributed by atoms with Crippen molar-refractivity contribution in [1.29, 1.82) is 0 Å². The molecule has 0 saturated carbocycles. The van der Waals surface area contributed by atoms with Gasteiger partial charge in [-0.15, -0.1) is 0 Å². The van der Waals surface area contributed by atoms with Crippen LogP contribution in [-0.2, 0) is 4.74 Å². The molecule has 0 radical (unpaired) electrons. The molecule has 0 amide bonds. The van der Waals surface area contributed by atoms with Crippen molar-refractivity contribution < 1.29 is 4.74 Å². The van der Waals surface area contributed by atoms with Crippen LogP contribution >= 0.6 is 0 Å². The summed E-state index contributed by atoms with van der Waals surface area (Å²) in [5.74, 6) is 0.882. The Kier molecular flexibility index (Phi) is 2.86. The van der Waals surface area contributed by atoms with Gasteiger partial charge in [0.25, 0.3) is 0 Å². The van der Waals surface area contributed by atoms with Gasteiger partial charge >= 0.3 is 0 Å². The van der Waals surface area contributed by atoms with Crippen molar-refractivity contribution in [3.05, 3.63) is 0 Å². The third-order valence-corrected chi connectivity index (χ3v) is 3.10. The molecule has 0 aromatic rings. The summed E-state index contributed by atoms with van der Waals surface area (Å²) in [7, 11) is 0. The third-order valence-electron chi connectivity index (χ3n) is 3.10. The highest BCUT2D eigenvalue weighted by molar-refractivity contribution is 4.82. The first kappa shape index (κ1) is 9.44. The van der Waals surface area contributed by atoms with Gasteiger partial charge in [-0.1, -0.05) is 0 Å². The Balaban J connectivity index is 1.80. The van der Waals surface area contributed by atoms with Crippen LogP contribution in [0.4, 0.5) is 0 Å². The van der Waals surface area contributed by atoms with Crippen LogP contribution in [0.25, 0.3) is 0 Å². The van der Waals surface area contributed by atoms with E-state index in [4.69, 9.17) is 4.74 Å². The quantitative estimate of drug-likeness (QED) is 0.668. The van der Waals surface area contributed by atoms with Gasteiger partial charge in [0.2, 0.25) is 0 Å². The molecule has 13 heavy (non-hydrogen) atoms. The zero-order chi connectivity index (χ0) is 9.26. The Morgan fingerprint density at radius 3 is 2.77 bits per heavy atom. The second kappa shape index (κ2) is 3.95. The molecule has 0 aliphatic carbocycles. The van der Waals surface area contributed by atoms with Gasteiger partial charge in [-0.2, -0.15) is 0 Å². The minimum Gasteiger partial charge on any atom is -0.376 e. The molecule has 2 unspecified atom stereocenters. The molecule has 0 aromatic heterocycles. The van der Waals surface area contributed by atoms with Crippen LogP contribution in [0.3, 0.4) is 0 Å². The highest BCUT2D eigenvalue weighted by Gasteiger charge is 2.27. The lowest BCUT2D eigenvalue weighted by Gasteiger charge is -2.40. The van der Waals surface area contributed by atoms with Crippen molar-refractivity contribution in [1.82, 2.24) is 10.2 Å². The van der Waals surface area contributed by atoms with Gasteiger partial charge in [-0.05, 0) is 19.8 Å². The van der Waals surface area contributed by atoms with Crippen LogP contribution in [0.1, 0.15) is 13.8 Å². The van der Waals surface area contributed by atoms with Gasteiger partial charge < -0.3 is 10.1 Å². The average Bonchev–Trinajstić information content (AvgIpc) is 2.03. The molecule has 1 N–H and O–H groups in total. The van der Waals surface area contributed by atoms with E-state index in [1.54, 1.807) is 0 Å². The average molecular weight is 184 g/mol. The maximum absolute atomic E-state index is 5.60. The maximum atomic E-state index is 5.60. The fourth-order valence-corrected chi connectivity index (χ4v) is 2.04. The van der Waals surface area contributed by atoms with E-state index < -0.39 is 0 Å². The first-order chi connectivity index (χ1) is 6.25. The summed E-state index contributed by atoms with van der Waals surface area (Å²) in [5.41, 5.74) is 0. The number of hydrogen-bond donors (Lipinski definition) is 1. The fraction of sp³-hybridized carbons (Fsp3) is 1.00. The molecule has 3 nitrogen and oxygen atoms in total. The first-order valence-electron chi connectivity index (χ1n) is 5.32. The van der Waals surface area contributed by atoms with Crippen LogP contribution in [0, 0.1) is 5.92 Å². The molecule has 2 aliphatic rings. The van der Waals surface area contributed by atoms with Gasteiger partial charge in [0, 0.05) is 32.2 Å². The number of nitrogens with zero attached hydrogens (tertiary/aromatic N) is 1. The molecule has 0 aromatic carbocycles. The van der Waals surface area contributed by atoms with Crippen molar-refractivity contribution in [3.8, 4) is 0 Å². The zero-order valence-corrected chi connectivity index (χ0v) is 8.62. The predicted molar refractivity (Wildman–Crippen MR) is 52.8 cm³/mol. The fourth-order valence-electron chi connectivity index (χ4n) is 2.04. The Hall–Kier alpha value is -0.120. The molecule has 2 aliphatic heterocycles. The molecule has 3 heteroatoms. The van der Waals surface area contributed by atoms with Crippen LogP contribution in [0.2, 0.25) is 0 Å². The van der Waals surface area contributed by atoms with E-state index in [9.17, 15) is 0 Å². The Morgan fingerprint density at radius 2 is 2.15 bits per heavy atom. The van der Waals surface area contributed by atoms with Crippen LogP contribution in [-0.4, -0.2) is 49.8 Å². The van der Waals surface area contributed by atoms with Crippen molar-refractivity contribution >= 4 is 0 Å². The highest BCUT2D eigenvalue weighted by atomic mass is 16.5. The molecule has 2 fully saturated rings. The molecule has 2 heterocycles. The summed E-state index contributed by atoms with van der Waals surface area (Å²) in [6, 6.07) is 0.608. The topological polar surface area (TPSA) is 24.5 Å². The number of rotatable bonds is 2. The van der Waals surface area contributed by atoms with Gasteiger partial charge in [-0.3, -0.25) is 4.90 Å². The lowest BCUT2D eigenvalue weighted by atomic mass is 10.0. The zero-order valence-electron chi connectivity index (χ0n) is 8.62. The third kappa shape index (κ3) is 2.22. The Labute approximate surface area is 80.4 Å². The van der Waals surface area contributed by atoms with Gasteiger partial charge in [-0.25, -0.2) is 0 Å². The molecule has 2 saturated heterocycles. The second-order valence-corrected chi connectivity index (χ2v) is 4.47. The lowest BCUT2D eigenvalue weighted by Crippen LogP contribution is -2.54. The van der Waals surface area contributed by atoms with Crippen molar-refractivity contribution in [2.75, 3.05) is 32.8 Å². The summed E-state index contributed by atoms with van der Waals surface area (Å²) in [4.78, 5) is 2.57. The Bertz CT molecular complexity index is 170. The van der Waals surface area contributed by atoms with Gasteiger partial charge in [0.05, 0.1) is 12.7 Å². The van der Waals surface area contributed by atoms with E-state index in [0.29, 0.717) is 12.1 Å². The second-order valence-electron chi connectivity index (χ2n) is 4.47. The lowest BCUT2D eigenvalue weighted by molar-refractivity contribution is -0.0563. The standard InChI is InChI=1S/C10H20N2O/c1-8-7-13-9(2)5-12(8)6-10-3-11-4-10/h8-11H,3-7H2,1-2H3. The van der Waals surface area contributed by atoms with Gasteiger partial charge in [0.1, 0.15) is 0 Å². The van der Waals surface area contributed by atoms with Crippen LogP contribution in [0.5, 0.6) is 0 Å². The van der Waals surface area contributed by atoms with Crippen LogP contribution in [0.15, 0.2) is 0 Å². The molecule has 76 valence electrons. The Morgan fingerprint density at radius 1 is 1.38 bits per heavy atom. The number of ether oxygens (including phenoxy) is 1. The monoisotopic (exact) mass is 184 g/mol. The maximum Gasteiger partial charge on any atom is 0.0674 e. The molecule has 0 spiro atoms. The van der Waals surface area contributed by atoms with Crippen LogP contribution < -0.4 is 5.32 Å². The van der Waals surface area contributed by atoms with Crippen molar-refractivity contribution in [3.63, 3.8) is 0 Å². The van der Waals surface area contributed by atoms with Gasteiger partial charge in [0.15, 0.2) is 0 Å². The van der Waals surface area contributed by atoms with E-state index in [-0.39, 0.29) is 0 Å². The highest BCUT2D eigenvalue weighted by Crippen LogP contribution is 2.15. The summed E-state index contributed by atoms with van der Waals surface area (Å²) < 4.78 is 5.60. The largest absolute Gasteiger partial charge is 0.376 e. The summed E-state index contributed by atoms with van der Waals surface area (Å²) in [5, 5.41) is 3.32. The molecule has 2 rings (SSSR count). The van der Waals surface area contributed by atoms with E-state index in [2.05, 4.69) is 24.1 Å². The molecule has 2 atom stereocenters. The predicted octanol–water partition coefficient (Wildman–Crippen LogP) is 0.315. The minimum absolute atomic E-state index is 0.421. The number of morpholine rings is 1.